The van der Waals surface area contributed by atoms with Crippen molar-refractivity contribution in [2.75, 3.05) is 13.1 Å². The van der Waals surface area contributed by atoms with Crippen LogP contribution in [0.5, 0.6) is 0 Å². The molecule has 1 aliphatic rings. The quantitative estimate of drug-likeness (QED) is 0.558. The third-order valence-corrected chi connectivity index (χ3v) is 4.62. The van der Waals surface area contributed by atoms with Crippen LogP contribution in [0.4, 0.5) is 4.79 Å². The van der Waals surface area contributed by atoms with Gasteiger partial charge < -0.3 is 30.6 Å². The zero-order chi connectivity index (χ0) is 19.6. The first kappa shape index (κ1) is 20.7. The van der Waals surface area contributed by atoms with Gasteiger partial charge in [-0.3, -0.25) is 4.79 Å². The molecule has 148 valence electrons. The fraction of sp³-hybridized carbons (Fsp3) is 0.526. The number of carbonyl (C=O) groups is 3. The number of ether oxygens (including phenoxy) is 1. The normalized spacial score (nSPS) is 17.4. The van der Waals surface area contributed by atoms with Gasteiger partial charge in [0.15, 0.2) is 6.04 Å². The Hall–Kier alpha value is -2.61. The van der Waals surface area contributed by atoms with Crippen LogP contribution < -0.4 is 16.2 Å². The Morgan fingerprint density at radius 1 is 1.26 bits per heavy atom. The first-order valence-electron chi connectivity index (χ1n) is 9.28. The lowest BCUT2D eigenvalue weighted by atomic mass is 10.1. The van der Waals surface area contributed by atoms with E-state index in [1.165, 1.54) is 4.90 Å². The first-order chi connectivity index (χ1) is 13.0. The van der Waals surface area contributed by atoms with Crippen molar-refractivity contribution in [2.45, 2.75) is 50.8 Å². The molecule has 1 aliphatic heterocycles. The van der Waals surface area contributed by atoms with E-state index in [4.69, 9.17) is 4.74 Å². The highest BCUT2D eigenvalue weighted by Crippen LogP contribution is 2.18. The molecule has 1 aromatic rings. The third-order valence-electron chi connectivity index (χ3n) is 4.62. The van der Waals surface area contributed by atoms with Crippen LogP contribution in [0.15, 0.2) is 30.3 Å². The summed E-state index contributed by atoms with van der Waals surface area (Å²) in [6.07, 6.45) is 2.55. The number of rotatable bonds is 9. The highest BCUT2D eigenvalue weighted by Gasteiger charge is 2.33. The summed E-state index contributed by atoms with van der Waals surface area (Å²) in [5, 5.41) is 13.7. The van der Waals surface area contributed by atoms with E-state index < -0.39 is 24.1 Å². The Balaban J connectivity index is 1.58. The standard InChI is InChI=1S/C19H27N3O5/c20-15(17(23)22-12-6-10-16(22)18(24)25)9-4-5-11-21-19(26)27-13-14-7-2-1-3-8-14/h1-3,7-8,15-16H,4-6,9-13,20H2,(H,21,26)(H,24,25)/t15-,16+/m1/s1. The second-order valence-electron chi connectivity index (χ2n) is 6.69. The molecule has 0 spiro atoms. The van der Waals surface area contributed by atoms with Gasteiger partial charge in [0.05, 0.1) is 12.0 Å². The van der Waals surface area contributed by atoms with E-state index in [0.717, 1.165) is 5.56 Å². The summed E-state index contributed by atoms with van der Waals surface area (Å²) in [4.78, 5) is 36.4. The molecule has 0 bridgehead atoms. The molecule has 1 saturated heterocycles. The highest BCUT2D eigenvalue weighted by atomic mass is 16.5. The van der Waals surface area contributed by atoms with Gasteiger partial charge in [-0.05, 0) is 31.2 Å². The number of nitrogens with one attached hydrogen (secondary N) is 1. The molecule has 8 nitrogen and oxygen atoms in total. The molecular formula is C19H27N3O5. The smallest absolute Gasteiger partial charge is 0.407 e. The summed E-state index contributed by atoms with van der Waals surface area (Å²) in [6.45, 7) is 1.11. The number of alkyl carbamates (subject to hydrolysis) is 1. The highest BCUT2D eigenvalue weighted by molar-refractivity contribution is 5.86. The minimum atomic E-state index is -1.20. The fourth-order valence-electron chi connectivity index (χ4n) is 3.11. The zero-order valence-electron chi connectivity index (χ0n) is 15.4. The molecule has 0 aromatic heterocycles. The van der Waals surface area contributed by atoms with Gasteiger partial charge in [-0.1, -0.05) is 30.3 Å². The number of amides is 2. The van der Waals surface area contributed by atoms with Crippen molar-refractivity contribution in [3.05, 3.63) is 35.9 Å². The maximum Gasteiger partial charge on any atom is 0.407 e. The minimum Gasteiger partial charge on any atom is -0.548 e. The topological polar surface area (TPSA) is 126 Å². The SMILES string of the molecule is [NH3+][C@H](CCCCNC(=O)OCc1ccccc1)C(=O)N1CCC[C@H]1C(=O)[O-]. The van der Waals surface area contributed by atoms with E-state index in [1.807, 2.05) is 30.3 Å². The molecule has 1 fully saturated rings. The molecule has 0 saturated carbocycles. The third kappa shape index (κ3) is 6.56. The van der Waals surface area contributed by atoms with Crippen LogP contribution >= 0.6 is 0 Å². The Bertz CT molecular complexity index is 637. The minimum absolute atomic E-state index is 0.220. The van der Waals surface area contributed by atoms with Gasteiger partial charge in [0.1, 0.15) is 6.61 Å². The Labute approximate surface area is 158 Å². The van der Waals surface area contributed by atoms with E-state index >= 15 is 0 Å². The molecule has 1 heterocycles. The largest absolute Gasteiger partial charge is 0.548 e. The van der Waals surface area contributed by atoms with Gasteiger partial charge in [-0.25, -0.2) is 4.79 Å². The lowest BCUT2D eigenvalue weighted by molar-refractivity contribution is -0.407. The number of carbonyl (C=O) groups excluding carboxylic acids is 3. The predicted molar refractivity (Wildman–Crippen MR) is 94.9 cm³/mol. The fourth-order valence-corrected chi connectivity index (χ4v) is 3.11. The molecule has 0 radical (unpaired) electrons. The lowest BCUT2D eigenvalue weighted by Gasteiger charge is -2.26. The summed E-state index contributed by atoms with van der Waals surface area (Å²) >= 11 is 0. The van der Waals surface area contributed by atoms with Crippen LogP contribution in [0.2, 0.25) is 0 Å². The van der Waals surface area contributed by atoms with Crippen molar-refractivity contribution in [3.8, 4) is 0 Å². The van der Waals surface area contributed by atoms with Gasteiger partial charge in [0.25, 0.3) is 5.91 Å². The van der Waals surface area contributed by atoms with E-state index in [9.17, 15) is 19.5 Å². The molecule has 1 aromatic carbocycles. The van der Waals surface area contributed by atoms with E-state index in [-0.39, 0.29) is 12.5 Å². The van der Waals surface area contributed by atoms with Crippen molar-refractivity contribution >= 4 is 18.0 Å². The van der Waals surface area contributed by atoms with Crippen molar-refractivity contribution in [1.82, 2.24) is 10.2 Å². The first-order valence-corrected chi connectivity index (χ1v) is 9.28. The molecule has 27 heavy (non-hydrogen) atoms. The Kier molecular flexibility index (Phi) is 8.06. The second-order valence-corrected chi connectivity index (χ2v) is 6.69. The van der Waals surface area contributed by atoms with Crippen LogP contribution in [0.1, 0.15) is 37.7 Å². The van der Waals surface area contributed by atoms with Crippen molar-refractivity contribution in [1.29, 1.82) is 0 Å². The molecule has 2 atom stereocenters. The molecule has 0 aliphatic carbocycles. The number of aliphatic carboxylic acids is 1. The number of nitrogens with zero attached hydrogens (tertiary/aromatic N) is 1. The zero-order valence-corrected chi connectivity index (χ0v) is 15.4. The van der Waals surface area contributed by atoms with Crippen LogP contribution in [0, 0.1) is 0 Å². The number of unbranched alkanes of at least 4 members (excludes halogenated alkanes) is 1. The molecule has 2 rings (SSSR count). The lowest BCUT2D eigenvalue weighted by Crippen LogP contribution is -2.68. The number of hydrogen-bond acceptors (Lipinski definition) is 5. The van der Waals surface area contributed by atoms with Gasteiger partial charge >= 0.3 is 6.09 Å². The summed E-state index contributed by atoms with van der Waals surface area (Å²) < 4.78 is 5.11. The van der Waals surface area contributed by atoms with Crippen LogP contribution in [0.25, 0.3) is 0 Å². The summed E-state index contributed by atoms with van der Waals surface area (Å²) in [6, 6.07) is 8.09. The van der Waals surface area contributed by atoms with Crippen molar-refractivity contribution in [3.63, 3.8) is 0 Å². The summed E-state index contributed by atoms with van der Waals surface area (Å²) in [7, 11) is 0. The molecule has 0 unspecified atom stereocenters. The molecular weight excluding hydrogens is 350 g/mol. The van der Waals surface area contributed by atoms with Gasteiger partial charge in [-0.15, -0.1) is 0 Å². The van der Waals surface area contributed by atoms with Crippen molar-refractivity contribution in [2.24, 2.45) is 0 Å². The van der Waals surface area contributed by atoms with Gasteiger partial charge in [-0.2, -0.15) is 0 Å². The van der Waals surface area contributed by atoms with E-state index in [2.05, 4.69) is 11.1 Å². The van der Waals surface area contributed by atoms with Gasteiger partial charge in [0, 0.05) is 19.5 Å². The number of carboxylic acids is 1. The number of likely N-dealkylation sites (tertiary alicyclic amines) is 1. The maximum atomic E-state index is 12.3. The van der Waals surface area contributed by atoms with Crippen LogP contribution in [-0.2, 0) is 20.9 Å². The van der Waals surface area contributed by atoms with Gasteiger partial charge in [0.2, 0.25) is 0 Å². The average molecular weight is 377 g/mol. The number of carboxylic acid groups (broad SMARTS) is 1. The molecule has 2 amide bonds. The second kappa shape index (κ2) is 10.5. The maximum absolute atomic E-state index is 12.3. The van der Waals surface area contributed by atoms with E-state index in [0.29, 0.717) is 45.2 Å². The Morgan fingerprint density at radius 2 is 2.00 bits per heavy atom. The predicted octanol–water partition coefficient (Wildman–Crippen LogP) is -0.565. The number of hydrogen-bond donors (Lipinski definition) is 2. The van der Waals surface area contributed by atoms with Crippen molar-refractivity contribution < 1.29 is 30.0 Å². The molecule has 8 heteroatoms. The average Bonchev–Trinajstić information content (AvgIpc) is 3.16. The van der Waals surface area contributed by atoms with Crippen LogP contribution in [-0.4, -0.2) is 48.0 Å². The summed E-state index contributed by atoms with van der Waals surface area (Å²) in [5.74, 6) is -1.44. The summed E-state index contributed by atoms with van der Waals surface area (Å²) in [5.41, 5.74) is 4.77. The van der Waals surface area contributed by atoms with Crippen LogP contribution in [0.3, 0.4) is 0 Å². The number of benzene rings is 1. The Morgan fingerprint density at radius 3 is 2.70 bits per heavy atom. The number of quaternary nitrogens is 1. The monoisotopic (exact) mass is 377 g/mol. The molecule has 4 N–H and O–H groups in total. The van der Waals surface area contributed by atoms with E-state index in [1.54, 1.807) is 0 Å².